The molecule has 0 bridgehead atoms. The summed E-state index contributed by atoms with van der Waals surface area (Å²) < 4.78 is 0. The Labute approximate surface area is 91.7 Å². The first kappa shape index (κ1) is 11.8. The fourth-order valence-electron chi connectivity index (χ4n) is 1.38. The van der Waals surface area contributed by atoms with E-state index in [4.69, 9.17) is 0 Å². The topological polar surface area (TPSA) is 32.6 Å². The summed E-state index contributed by atoms with van der Waals surface area (Å²) >= 11 is 0. The first-order chi connectivity index (χ1) is 7.24. The lowest BCUT2D eigenvalue weighted by Crippen LogP contribution is -1.86. The summed E-state index contributed by atoms with van der Waals surface area (Å²) in [5.74, 6) is 0.314. The van der Waals surface area contributed by atoms with Gasteiger partial charge in [-0.15, -0.1) is 0 Å². The molecule has 0 fully saturated rings. The van der Waals surface area contributed by atoms with E-state index in [1.165, 1.54) is 12.8 Å². The molecule has 0 heterocycles. The van der Waals surface area contributed by atoms with Gasteiger partial charge in [0.2, 0.25) is 0 Å². The van der Waals surface area contributed by atoms with E-state index in [1.807, 2.05) is 19.1 Å². The van der Waals surface area contributed by atoms with Gasteiger partial charge in [-0.2, -0.15) is 0 Å². The molecule has 15 heavy (non-hydrogen) atoms. The Morgan fingerprint density at radius 2 is 2.13 bits per heavy atom. The van der Waals surface area contributed by atoms with Crippen LogP contribution >= 0.6 is 0 Å². The van der Waals surface area contributed by atoms with Crippen molar-refractivity contribution in [3.63, 3.8) is 0 Å². The maximum absolute atomic E-state index is 9.60. The van der Waals surface area contributed by atoms with Crippen molar-refractivity contribution in [2.24, 2.45) is 4.99 Å². The van der Waals surface area contributed by atoms with Crippen molar-refractivity contribution in [3.8, 4) is 5.75 Å². The predicted molar refractivity (Wildman–Crippen MR) is 64.8 cm³/mol. The highest BCUT2D eigenvalue weighted by Gasteiger charge is 1.96. The molecule has 0 saturated heterocycles. The number of hydrogen-bond acceptors (Lipinski definition) is 2. The van der Waals surface area contributed by atoms with Crippen LogP contribution in [0.1, 0.15) is 37.3 Å². The molecule has 0 spiro atoms. The van der Waals surface area contributed by atoms with E-state index in [2.05, 4.69) is 11.9 Å². The number of aliphatic imine (C=N–C) groups is 1. The van der Waals surface area contributed by atoms with Gasteiger partial charge in [-0.05, 0) is 31.0 Å². The van der Waals surface area contributed by atoms with E-state index in [9.17, 15) is 5.11 Å². The molecule has 0 aliphatic heterocycles. The van der Waals surface area contributed by atoms with Crippen molar-refractivity contribution >= 4 is 6.21 Å². The molecule has 1 aromatic carbocycles. The lowest BCUT2D eigenvalue weighted by Gasteiger charge is -1.99. The first-order valence-corrected chi connectivity index (χ1v) is 5.53. The van der Waals surface area contributed by atoms with E-state index in [1.54, 1.807) is 12.3 Å². The lowest BCUT2D eigenvalue weighted by molar-refractivity contribution is 0.474. The summed E-state index contributed by atoms with van der Waals surface area (Å²) in [6.07, 6.45) is 5.31. The molecule has 1 aromatic rings. The third kappa shape index (κ3) is 4.15. The normalized spacial score (nSPS) is 11.1. The van der Waals surface area contributed by atoms with Gasteiger partial charge in [0.25, 0.3) is 0 Å². The van der Waals surface area contributed by atoms with E-state index < -0.39 is 0 Å². The van der Waals surface area contributed by atoms with Crippen molar-refractivity contribution in [2.75, 3.05) is 6.54 Å². The number of rotatable bonds is 5. The number of unbranched alkanes of at least 4 members (excludes halogenated alkanes) is 2. The molecule has 0 saturated carbocycles. The van der Waals surface area contributed by atoms with Gasteiger partial charge in [0.05, 0.1) is 0 Å². The van der Waals surface area contributed by atoms with Crippen LogP contribution in [0.15, 0.2) is 23.2 Å². The van der Waals surface area contributed by atoms with E-state index in [-0.39, 0.29) is 0 Å². The number of phenolic OH excluding ortho intramolecular Hbond substituents is 1. The third-order valence-corrected chi connectivity index (χ3v) is 2.31. The van der Waals surface area contributed by atoms with Gasteiger partial charge < -0.3 is 5.11 Å². The molecule has 1 N–H and O–H groups in total. The minimum Gasteiger partial charge on any atom is -0.507 e. The Morgan fingerprint density at radius 3 is 2.80 bits per heavy atom. The molecule has 0 amide bonds. The Bertz CT molecular complexity index is 331. The Hall–Kier alpha value is -1.31. The first-order valence-electron chi connectivity index (χ1n) is 5.53. The van der Waals surface area contributed by atoms with Gasteiger partial charge in [-0.1, -0.05) is 25.8 Å². The average Bonchev–Trinajstić information content (AvgIpc) is 2.20. The molecule has 0 aliphatic carbocycles. The van der Waals surface area contributed by atoms with Crippen LogP contribution in [0, 0.1) is 6.92 Å². The monoisotopic (exact) mass is 205 g/mol. The van der Waals surface area contributed by atoms with Crippen LogP contribution in [0.25, 0.3) is 0 Å². The summed E-state index contributed by atoms with van der Waals surface area (Å²) in [5, 5.41) is 9.60. The largest absolute Gasteiger partial charge is 0.507 e. The summed E-state index contributed by atoms with van der Waals surface area (Å²) in [7, 11) is 0. The molecule has 0 aromatic heterocycles. The Balaban J connectivity index is 2.49. The Morgan fingerprint density at radius 1 is 1.33 bits per heavy atom. The maximum Gasteiger partial charge on any atom is 0.124 e. The molecule has 2 nitrogen and oxygen atoms in total. The summed E-state index contributed by atoms with van der Waals surface area (Å²) in [6, 6.07) is 5.63. The zero-order chi connectivity index (χ0) is 11.1. The van der Waals surface area contributed by atoms with Gasteiger partial charge in [0.1, 0.15) is 5.75 Å². The fraction of sp³-hybridized carbons (Fsp3) is 0.462. The van der Waals surface area contributed by atoms with Crippen molar-refractivity contribution in [3.05, 3.63) is 29.3 Å². The van der Waals surface area contributed by atoms with Crippen LogP contribution in [0.5, 0.6) is 5.75 Å². The summed E-state index contributed by atoms with van der Waals surface area (Å²) in [4.78, 5) is 4.28. The molecule has 82 valence electrons. The van der Waals surface area contributed by atoms with Crippen molar-refractivity contribution in [2.45, 2.75) is 33.1 Å². The second-order valence-corrected chi connectivity index (χ2v) is 3.80. The fourth-order valence-corrected chi connectivity index (χ4v) is 1.38. The lowest BCUT2D eigenvalue weighted by atomic mass is 10.1. The summed E-state index contributed by atoms with van der Waals surface area (Å²) in [5.41, 5.74) is 1.87. The van der Waals surface area contributed by atoms with Gasteiger partial charge in [0.15, 0.2) is 0 Å². The standard InChI is InChI=1S/C13H19NO/c1-3-4-5-8-14-10-12-7-6-11(2)9-13(12)15/h6-7,9-10,15H,3-5,8H2,1-2H3. The predicted octanol–water partition coefficient (Wildman–Crippen LogP) is 3.31. The van der Waals surface area contributed by atoms with Gasteiger partial charge in [-0.3, -0.25) is 4.99 Å². The van der Waals surface area contributed by atoms with Crippen LogP contribution in [-0.2, 0) is 0 Å². The molecule has 0 aliphatic rings. The molecule has 1 rings (SSSR count). The van der Waals surface area contributed by atoms with Crippen LogP contribution < -0.4 is 0 Å². The second kappa shape index (κ2) is 6.23. The average molecular weight is 205 g/mol. The van der Waals surface area contributed by atoms with E-state index in [0.29, 0.717) is 5.75 Å². The zero-order valence-electron chi connectivity index (χ0n) is 9.53. The Kier molecular flexibility index (Phi) is 4.88. The second-order valence-electron chi connectivity index (χ2n) is 3.80. The van der Waals surface area contributed by atoms with Gasteiger partial charge in [-0.25, -0.2) is 0 Å². The maximum atomic E-state index is 9.60. The zero-order valence-corrected chi connectivity index (χ0v) is 9.53. The quantitative estimate of drug-likeness (QED) is 0.580. The smallest absolute Gasteiger partial charge is 0.124 e. The number of nitrogens with zero attached hydrogens (tertiary/aromatic N) is 1. The molecular formula is C13H19NO. The van der Waals surface area contributed by atoms with Gasteiger partial charge in [0, 0.05) is 18.3 Å². The summed E-state index contributed by atoms with van der Waals surface area (Å²) in [6.45, 7) is 4.98. The minimum atomic E-state index is 0.314. The van der Waals surface area contributed by atoms with Gasteiger partial charge >= 0.3 is 0 Å². The molecule has 0 atom stereocenters. The minimum absolute atomic E-state index is 0.314. The molecule has 0 unspecified atom stereocenters. The highest BCUT2D eigenvalue weighted by atomic mass is 16.3. The molecule has 2 heteroatoms. The molecular weight excluding hydrogens is 186 g/mol. The highest BCUT2D eigenvalue weighted by Crippen LogP contribution is 2.16. The third-order valence-electron chi connectivity index (χ3n) is 2.31. The molecule has 0 radical (unpaired) electrons. The van der Waals surface area contributed by atoms with Crippen molar-refractivity contribution in [1.82, 2.24) is 0 Å². The van der Waals surface area contributed by atoms with Crippen molar-refractivity contribution < 1.29 is 5.11 Å². The number of benzene rings is 1. The number of hydrogen-bond donors (Lipinski definition) is 1. The van der Waals surface area contributed by atoms with E-state index in [0.717, 1.165) is 24.1 Å². The van der Waals surface area contributed by atoms with Crippen LogP contribution in [0.3, 0.4) is 0 Å². The highest BCUT2D eigenvalue weighted by molar-refractivity contribution is 5.83. The number of aromatic hydroxyl groups is 1. The van der Waals surface area contributed by atoms with Crippen LogP contribution in [0.4, 0.5) is 0 Å². The SMILES string of the molecule is CCCCCN=Cc1ccc(C)cc1O. The van der Waals surface area contributed by atoms with E-state index >= 15 is 0 Å². The number of aryl methyl sites for hydroxylation is 1. The van der Waals surface area contributed by atoms with Crippen LogP contribution in [-0.4, -0.2) is 17.9 Å². The number of phenols is 1. The van der Waals surface area contributed by atoms with Crippen LogP contribution in [0.2, 0.25) is 0 Å². The van der Waals surface area contributed by atoms with Crippen molar-refractivity contribution in [1.29, 1.82) is 0 Å².